The van der Waals surface area contributed by atoms with Crippen LogP contribution in [-0.2, 0) is 9.53 Å². The molecule has 2 fully saturated rings. The minimum atomic E-state index is -0.515. The zero-order valence-electron chi connectivity index (χ0n) is 11.9. The molecular formula is C16H17FN2O2. The lowest BCUT2D eigenvalue weighted by Gasteiger charge is -2.26. The molecule has 5 heteroatoms. The normalized spacial score (nSPS) is 27.3. The van der Waals surface area contributed by atoms with E-state index in [0.717, 1.165) is 19.3 Å². The van der Waals surface area contributed by atoms with E-state index < -0.39 is 11.2 Å². The summed E-state index contributed by atoms with van der Waals surface area (Å²) in [5.74, 6) is -0.471. The molecule has 1 aliphatic heterocycles. The first-order valence-corrected chi connectivity index (χ1v) is 7.14. The van der Waals surface area contributed by atoms with Gasteiger partial charge in [-0.2, -0.15) is 5.26 Å². The van der Waals surface area contributed by atoms with E-state index in [4.69, 9.17) is 4.74 Å². The number of methoxy groups -OCH3 is 1. The fourth-order valence-corrected chi connectivity index (χ4v) is 3.90. The second-order valence-corrected chi connectivity index (χ2v) is 5.86. The highest BCUT2D eigenvalue weighted by Gasteiger charge is 2.55. The zero-order valence-corrected chi connectivity index (χ0v) is 11.9. The fraction of sp³-hybridized carbons (Fsp3) is 0.500. The number of carbonyl (C=O) groups is 1. The predicted octanol–water partition coefficient (Wildman–Crippen LogP) is 2.48. The molecule has 2 aliphatic rings. The molecule has 0 aromatic heterocycles. The predicted molar refractivity (Wildman–Crippen MR) is 75.1 cm³/mol. The van der Waals surface area contributed by atoms with Crippen LogP contribution in [0.3, 0.4) is 0 Å². The Labute approximate surface area is 123 Å². The highest BCUT2D eigenvalue weighted by molar-refractivity contribution is 5.80. The first-order valence-electron chi connectivity index (χ1n) is 7.14. The van der Waals surface area contributed by atoms with Gasteiger partial charge in [0.1, 0.15) is 17.4 Å². The van der Waals surface area contributed by atoms with Gasteiger partial charge in [0.05, 0.1) is 18.2 Å². The summed E-state index contributed by atoms with van der Waals surface area (Å²) in [6.07, 6.45) is 2.79. The summed E-state index contributed by atoms with van der Waals surface area (Å²) >= 11 is 0. The molecule has 1 aromatic carbocycles. The number of nitriles is 1. The van der Waals surface area contributed by atoms with Crippen LogP contribution in [0.2, 0.25) is 0 Å². The van der Waals surface area contributed by atoms with Gasteiger partial charge in [-0.3, -0.25) is 4.79 Å². The van der Waals surface area contributed by atoms with Crippen LogP contribution in [0.4, 0.5) is 10.1 Å². The van der Waals surface area contributed by atoms with Gasteiger partial charge in [-0.05, 0) is 30.9 Å². The molecule has 1 saturated carbocycles. The van der Waals surface area contributed by atoms with Gasteiger partial charge in [-0.15, -0.1) is 0 Å². The van der Waals surface area contributed by atoms with Gasteiger partial charge >= 0.3 is 5.97 Å². The number of fused-ring (bicyclic) bond motifs is 1. The zero-order chi connectivity index (χ0) is 15.0. The van der Waals surface area contributed by atoms with Crippen LogP contribution < -0.4 is 4.90 Å². The Morgan fingerprint density at radius 2 is 2.38 bits per heavy atom. The molecule has 0 N–H and O–H groups in total. The lowest BCUT2D eigenvalue weighted by molar-refractivity contribution is -0.152. The van der Waals surface area contributed by atoms with Crippen molar-refractivity contribution in [3.8, 4) is 6.07 Å². The van der Waals surface area contributed by atoms with Crippen LogP contribution in [0.5, 0.6) is 0 Å². The summed E-state index contributed by atoms with van der Waals surface area (Å²) < 4.78 is 18.8. The maximum Gasteiger partial charge on any atom is 0.313 e. The first-order chi connectivity index (χ1) is 10.1. The second kappa shape index (κ2) is 5.03. The first kappa shape index (κ1) is 13.9. The Morgan fingerprint density at radius 3 is 3.10 bits per heavy atom. The van der Waals surface area contributed by atoms with Crippen molar-refractivity contribution >= 4 is 11.7 Å². The van der Waals surface area contributed by atoms with Gasteiger partial charge in [-0.25, -0.2) is 4.39 Å². The molecule has 1 aromatic rings. The molecule has 2 unspecified atom stereocenters. The Hall–Kier alpha value is -2.09. The van der Waals surface area contributed by atoms with E-state index in [1.165, 1.54) is 13.2 Å². The van der Waals surface area contributed by atoms with Crippen molar-refractivity contribution < 1.29 is 13.9 Å². The number of hydrogen-bond donors (Lipinski definition) is 0. The summed E-state index contributed by atoms with van der Waals surface area (Å²) in [5.41, 5.74) is 0.140. The molecule has 1 aliphatic carbocycles. The van der Waals surface area contributed by atoms with Crippen LogP contribution in [0.25, 0.3) is 0 Å². The van der Waals surface area contributed by atoms with Crippen LogP contribution >= 0.6 is 0 Å². The van der Waals surface area contributed by atoms with Crippen LogP contribution in [0.15, 0.2) is 18.2 Å². The van der Waals surface area contributed by atoms with E-state index in [0.29, 0.717) is 18.8 Å². The van der Waals surface area contributed by atoms with Crippen molar-refractivity contribution in [3.63, 3.8) is 0 Å². The highest BCUT2D eigenvalue weighted by Crippen LogP contribution is 2.50. The quantitative estimate of drug-likeness (QED) is 0.785. The number of ether oxygens (including phenoxy) is 1. The maximum atomic E-state index is 13.8. The topological polar surface area (TPSA) is 53.3 Å². The van der Waals surface area contributed by atoms with E-state index in [1.54, 1.807) is 12.1 Å². The van der Waals surface area contributed by atoms with Crippen LogP contribution in [-0.4, -0.2) is 26.2 Å². The minimum absolute atomic E-state index is 0.0532. The summed E-state index contributed by atoms with van der Waals surface area (Å²) in [4.78, 5) is 14.2. The van der Waals surface area contributed by atoms with E-state index in [-0.39, 0.29) is 17.5 Å². The number of nitrogens with zero attached hydrogens (tertiary/aromatic N) is 2. The largest absolute Gasteiger partial charge is 0.469 e. The summed E-state index contributed by atoms with van der Waals surface area (Å²) in [5, 5.41) is 9.17. The molecule has 1 saturated heterocycles. The third kappa shape index (κ3) is 1.98. The van der Waals surface area contributed by atoms with Gasteiger partial charge in [0.2, 0.25) is 0 Å². The lowest BCUT2D eigenvalue weighted by Crippen LogP contribution is -2.37. The third-order valence-electron chi connectivity index (χ3n) is 4.91. The number of hydrogen-bond acceptors (Lipinski definition) is 4. The van der Waals surface area contributed by atoms with Crippen molar-refractivity contribution in [1.29, 1.82) is 5.26 Å². The van der Waals surface area contributed by atoms with E-state index in [9.17, 15) is 14.4 Å². The fourth-order valence-electron chi connectivity index (χ4n) is 3.90. The molecule has 110 valence electrons. The summed E-state index contributed by atoms with van der Waals surface area (Å²) in [6, 6.07) is 6.56. The SMILES string of the molecule is COC(=O)C12CCCC1CN(c1cccc(F)c1C#N)C2. The minimum Gasteiger partial charge on any atom is -0.469 e. The number of rotatable bonds is 2. The number of halogens is 1. The molecule has 0 amide bonds. The molecular weight excluding hydrogens is 271 g/mol. The molecule has 0 bridgehead atoms. The van der Waals surface area contributed by atoms with Gasteiger partial charge in [0.15, 0.2) is 0 Å². The van der Waals surface area contributed by atoms with Gasteiger partial charge in [0.25, 0.3) is 0 Å². The lowest BCUT2D eigenvalue weighted by atomic mass is 9.81. The molecule has 1 heterocycles. The average Bonchev–Trinajstić information content (AvgIpc) is 3.03. The standard InChI is InChI=1S/C16H17FN2O2/c1-21-15(20)16-7-3-4-11(16)9-19(10-16)14-6-2-5-13(17)12(14)8-18/h2,5-6,11H,3-4,7,9-10H2,1H3. The average molecular weight is 288 g/mol. The van der Waals surface area contributed by atoms with E-state index in [1.807, 2.05) is 11.0 Å². The smallest absolute Gasteiger partial charge is 0.313 e. The molecule has 4 nitrogen and oxygen atoms in total. The number of carbonyl (C=O) groups excluding carboxylic acids is 1. The molecule has 2 atom stereocenters. The Kier molecular flexibility index (Phi) is 3.32. The number of anilines is 1. The van der Waals surface area contributed by atoms with Gasteiger partial charge in [0, 0.05) is 13.1 Å². The summed E-state index contributed by atoms with van der Waals surface area (Å²) in [6.45, 7) is 1.18. The van der Waals surface area contributed by atoms with E-state index in [2.05, 4.69) is 0 Å². The van der Waals surface area contributed by atoms with Crippen molar-refractivity contribution in [2.24, 2.45) is 11.3 Å². The van der Waals surface area contributed by atoms with E-state index >= 15 is 0 Å². The Bertz CT molecular complexity index is 625. The van der Waals surface area contributed by atoms with Crippen LogP contribution in [0.1, 0.15) is 24.8 Å². The molecule has 0 radical (unpaired) electrons. The van der Waals surface area contributed by atoms with Crippen LogP contribution in [0, 0.1) is 28.5 Å². The monoisotopic (exact) mass is 288 g/mol. The number of esters is 1. The molecule has 3 rings (SSSR count). The molecule has 0 spiro atoms. The van der Waals surface area contributed by atoms with Gasteiger partial charge < -0.3 is 9.64 Å². The maximum absolute atomic E-state index is 13.8. The number of benzene rings is 1. The highest BCUT2D eigenvalue weighted by atomic mass is 19.1. The van der Waals surface area contributed by atoms with Crippen molar-refractivity contribution in [2.75, 3.05) is 25.1 Å². The van der Waals surface area contributed by atoms with Gasteiger partial charge in [-0.1, -0.05) is 12.5 Å². The van der Waals surface area contributed by atoms with Crippen molar-refractivity contribution in [3.05, 3.63) is 29.6 Å². The Balaban J connectivity index is 1.96. The molecule has 21 heavy (non-hydrogen) atoms. The second-order valence-electron chi connectivity index (χ2n) is 5.86. The summed E-state index contributed by atoms with van der Waals surface area (Å²) in [7, 11) is 1.41. The van der Waals surface area contributed by atoms with Crippen molar-refractivity contribution in [1.82, 2.24) is 0 Å². The Morgan fingerprint density at radius 1 is 1.57 bits per heavy atom. The van der Waals surface area contributed by atoms with Crippen molar-refractivity contribution in [2.45, 2.75) is 19.3 Å². The third-order valence-corrected chi connectivity index (χ3v) is 4.91.